The van der Waals surface area contributed by atoms with Crippen LogP contribution in [0.1, 0.15) is 23.2 Å². The minimum absolute atomic E-state index is 0.111. The number of carbonyl (C=O) groups is 1. The van der Waals surface area contributed by atoms with Crippen LogP contribution in [0.4, 0.5) is 5.82 Å². The number of halogens is 1. The van der Waals surface area contributed by atoms with Gasteiger partial charge in [-0.05, 0) is 37.0 Å². The molecule has 0 bridgehead atoms. The summed E-state index contributed by atoms with van der Waals surface area (Å²) in [6.07, 6.45) is 4.18. The lowest BCUT2D eigenvalue weighted by molar-refractivity contribution is 0.0953. The topological polar surface area (TPSA) is 54.0 Å². The molecule has 0 spiro atoms. The summed E-state index contributed by atoms with van der Waals surface area (Å²) >= 11 is 7.66. The predicted octanol–water partition coefficient (Wildman–Crippen LogP) is 2.65. The van der Waals surface area contributed by atoms with Gasteiger partial charge in [0.15, 0.2) is 0 Å². The van der Waals surface area contributed by atoms with E-state index in [-0.39, 0.29) is 5.91 Å². The Morgan fingerprint density at radius 2 is 2.22 bits per heavy atom. The Morgan fingerprint density at radius 3 is 2.89 bits per heavy atom. The highest BCUT2D eigenvalue weighted by molar-refractivity contribution is 7.98. The number of nitrogens with one attached hydrogen (secondary N) is 2. The third-order valence-corrected chi connectivity index (χ3v) is 3.26. The number of anilines is 1. The predicted molar refractivity (Wildman–Crippen MR) is 78.7 cm³/mol. The van der Waals surface area contributed by atoms with Crippen LogP contribution in [0.5, 0.6) is 0 Å². The molecule has 0 saturated carbocycles. The average Bonchev–Trinajstić information content (AvgIpc) is 2.37. The molecule has 1 aromatic heterocycles. The minimum Gasteiger partial charge on any atom is -0.373 e. The molecular formula is C12H18ClN3OS. The molecule has 0 atom stereocenters. The Labute approximate surface area is 117 Å². The van der Waals surface area contributed by atoms with Crippen LogP contribution in [-0.2, 0) is 0 Å². The van der Waals surface area contributed by atoms with Gasteiger partial charge in [0.1, 0.15) is 11.0 Å². The number of rotatable bonds is 7. The van der Waals surface area contributed by atoms with Gasteiger partial charge in [-0.2, -0.15) is 11.8 Å². The number of amides is 1. The fourth-order valence-electron chi connectivity index (χ4n) is 1.43. The summed E-state index contributed by atoms with van der Waals surface area (Å²) < 4.78 is 0. The largest absolute Gasteiger partial charge is 0.373 e. The van der Waals surface area contributed by atoms with E-state index in [1.54, 1.807) is 19.2 Å². The van der Waals surface area contributed by atoms with Gasteiger partial charge >= 0.3 is 0 Å². The van der Waals surface area contributed by atoms with Gasteiger partial charge in [-0.15, -0.1) is 0 Å². The van der Waals surface area contributed by atoms with E-state index in [9.17, 15) is 4.79 Å². The first-order valence-corrected chi connectivity index (χ1v) is 7.57. The number of carbonyl (C=O) groups excluding carboxylic acids is 1. The third kappa shape index (κ3) is 5.14. The van der Waals surface area contributed by atoms with E-state index in [0.29, 0.717) is 23.1 Å². The fraction of sp³-hybridized carbons (Fsp3) is 0.500. The first-order valence-electron chi connectivity index (χ1n) is 5.80. The second kappa shape index (κ2) is 8.21. The van der Waals surface area contributed by atoms with Gasteiger partial charge in [-0.25, -0.2) is 4.98 Å². The molecule has 6 heteroatoms. The van der Waals surface area contributed by atoms with Crippen LogP contribution in [0.3, 0.4) is 0 Å². The quantitative estimate of drug-likeness (QED) is 0.598. The Balaban J connectivity index is 2.48. The molecular weight excluding hydrogens is 270 g/mol. The first-order chi connectivity index (χ1) is 8.67. The lowest BCUT2D eigenvalue weighted by Gasteiger charge is -2.07. The SMILES string of the molecule is CNc1cc(C(=O)NCCCCSC)cc(Cl)n1. The number of hydrogen-bond acceptors (Lipinski definition) is 4. The van der Waals surface area contributed by atoms with Crippen LogP contribution in [0.25, 0.3) is 0 Å². The maximum Gasteiger partial charge on any atom is 0.251 e. The van der Waals surface area contributed by atoms with Crippen LogP contribution in [0.2, 0.25) is 5.15 Å². The summed E-state index contributed by atoms with van der Waals surface area (Å²) in [5.74, 6) is 1.61. The summed E-state index contributed by atoms with van der Waals surface area (Å²) in [7, 11) is 1.74. The molecule has 0 aromatic carbocycles. The Hall–Kier alpha value is -0.940. The first kappa shape index (κ1) is 15.1. The molecule has 1 amide bonds. The maximum atomic E-state index is 11.9. The maximum absolute atomic E-state index is 11.9. The number of nitrogens with zero attached hydrogens (tertiary/aromatic N) is 1. The zero-order valence-electron chi connectivity index (χ0n) is 10.6. The second-order valence-corrected chi connectivity index (χ2v) is 5.14. The van der Waals surface area contributed by atoms with Gasteiger partial charge in [0.05, 0.1) is 0 Å². The smallest absolute Gasteiger partial charge is 0.251 e. The lowest BCUT2D eigenvalue weighted by Crippen LogP contribution is -2.24. The molecule has 0 saturated heterocycles. The summed E-state index contributed by atoms with van der Waals surface area (Å²) in [5.41, 5.74) is 0.532. The number of aromatic nitrogens is 1. The van der Waals surface area contributed by atoms with Gasteiger partial charge in [-0.1, -0.05) is 11.6 Å². The molecule has 0 aliphatic rings. The van der Waals surface area contributed by atoms with Crippen LogP contribution in [0.15, 0.2) is 12.1 Å². The van der Waals surface area contributed by atoms with Crippen molar-refractivity contribution >= 4 is 35.1 Å². The summed E-state index contributed by atoms with van der Waals surface area (Å²) in [6.45, 7) is 0.689. The zero-order chi connectivity index (χ0) is 13.4. The van der Waals surface area contributed by atoms with E-state index in [0.717, 1.165) is 18.6 Å². The molecule has 4 nitrogen and oxygen atoms in total. The van der Waals surface area contributed by atoms with Gasteiger partial charge in [0.2, 0.25) is 0 Å². The average molecular weight is 288 g/mol. The van der Waals surface area contributed by atoms with E-state index in [1.807, 2.05) is 11.8 Å². The fourth-order valence-corrected chi connectivity index (χ4v) is 2.13. The summed E-state index contributed by atoms with van der Waals surface area (Å²) in [6, 6.07) is 3.25. The number of unbranched alkanes of at least 4 members (excludes halogenated alkanes) is 1. The van der Waals surface area contributed by atoms with E-state index < -0.39 is 0 Å². The van der Waals surface area contributed by atoms with Gasteiger partial charge in [0.25, 0.3) is 5.91 Å². The van der Waals surface area contributed by atoms with Crippen molar-refractivity contribution in [2.75, 3.05) is 30.9 Å². The Kier molecular flexibility index (Phi) is 6.90. The zero-order valence-corrected chi connectivity index (χ0v) is 12.2. The van der Waals surface area contributed by atoms with Gasteiger partial charge in [-0.3, -0.25) is 4.79 Å². The molecule has 0 aliphatic heterocycles. The summed E-state index contributed by atoms with van der Waals surface area (Å²) in [5, 5.41) is 6.06. The molecule has 1 aromatic rings. The highest BCUT2D eigenvalue weighted by Crippen LogP contribution is 2.14. The molecule has 1 heterocycles. The van der Waals surface area contributed by atoms with Gasteiger partial charge in [0, 0.05) is 19.2 Å². The van der Waals surface area contributed by atoms with Crippen LogP contribution >= 0.6 is 23.4 Å². The van der Waals surface area contributed by atoms with Gasteiger partial charge < -0.3 is 10.6 Å². The molecule has 2 N–H and O–H groups in total. The Morgan fingerprint density at radius 1 is 1.44 bits per heavy atom. The van der Waals surface area contributed by atoms with Crippen LogP contribution < -0.4 is 10.6 Å². The standard InChI is InChI=1S/C12H18ClN3OS/c1-14-11-8-9(7-10(13)16-11)12(17)15-5-3-4-6-18-2/h7-8H,3-6H2,1-2H3,(H,14,16)(H,15,17). The van der Waals surface area contributed by atoms with Crippen LogP contribution in [0, 0.1) is 0 Å². The minimum atomic E-state index is -0.111. The normalized spacial score (nSPS) is 10.2. The Bertz CT molecular complexity index is 401. The van der Waals surface area contributed by atoms with Crippen molar-refractivity contribution in [2.24, 2.45) is 0 Å². The van der Waals surface area contributed by atoms with Crippen molar-refractivity contribution in [2.45, 2.75) is 12.8 Å². The van der Waals surface area contributed by atoms with Crippen molar-refractivity contribution in [3.05, 3.63) is 22.8 Å². The number of thioether (sulfide) groups is 1. The van der Waals surface area contributed by atoms with Crippen molar-refractivity contribution < 1.29 is 4.79 Å². The van der Waals surface area contributed by atoms with Crippen molar-refractivity contribution in [1.82, 2.24) is 10.3 Å². The van der Waals surface area contributed by atoms with Crippen molar-refractivity contribution in [3.63, 3.8) is 0 Å². The molecule has 100 valence electrons. The molecule has 0 radical (unpaired) electrons. The van der Waals surface area contributed by atoms with Crippen molar-refractivity contribution in [3.8, 4) is 0 Å². The van der Waals surface area contributed by atoms with Crippen molar-refractivity contribution in [1.29, 1.82) is 0 Å². The van der Waals surface area contributed by atoms with E-state index in [1.165, 1.54) is 0 Å². The molecule has 0 aliphatic carbocycles. The third-order valence-electron chi connectivity index (χ3n) is 2.37. The van der Waals surface area contributed by atoms with Crippen LogP contribution in [-0.4, -0.2) is 36.5 Å². The van der Waals surface area contributed by atoms with E-state index in [4.69, 9.17) is 11.6 Å². The highest BCUT2D eigenvalue weighted by Gasteiger charge is 2.08. The lowest BCUT2D eigenvalue weighted by atomic mass is 10.2. The monoisotopic (exact) mass is 287 g/mol. The van der Waals surface area contributed by atoms with E-state index in [2.05, 4.69) is 21.9 Å². The number of pyridine rings is 1. The van der Waals surface area contributed by atoms with E-state index >= 15 is 0 Å². The molecule has 0 fully saturated rings. The molecule has 1 rings (SSSR count). The number of hydrogen-bond donors (Lipinski definition) is 2. The summed E-state index contributed by atoms with van der Waals surface area (Å²) in [4.78, 5) is 15.9. The molecule has 18 heavy (non-hydrogen) atoms. The highest BCUT2D eigenvalue weighted by atomic mass is 35.5. The second-order valence-electron chi connectivity index (χ2n) is 3.77. The molecule has 0 unspecified atom stereocenters.